The van der Waals surface area contributed by atoms with Gasteiger partial charge in [-0.3, -0.25) is 0 Å². The fourth-order valence-corrected chi connectivity index (χ4v) is 13.2. The van der Waals surface area contributed by atoms with E-state index in [2.05, 4.69) is 320 Å². The average Bonchev–Trinajstić information content (AvgIpc) is 1.23. The van der Waals surface area contributed by atoms with Crippen LogP contribution < -0.4 is 31.1 Å². The normalized spacial score (nSPS) is 13.7. The Balaban J connectivity index is 1.28. The maximum atomic E-state index is 2.66. The summed E-state index contributed by atoms with van der Waals surface area (Å²) < 4.78 is 2.51. The van der Waals surface area contributed by atoms with Crippen LogP contribution in [0.4, 0.5) is 51.2 Å². The fraction of sp³-hybridized carbons (Fsp3) is 0.299. The second-order valence-electron chi connectivity index (χ2n) is 29.1. The molecule has 3 heterocycles. The predicted octanol–water partition coefficient (Wildman–Crippen LogP) is 19.7. The Kier molecular flexibility index (Phi) is 12.8. The molecule has 414 valence electrons. The Morgan fingerprint density at radius 3 is 1.30 bits per heavy atom. The first-order chi connectivity index (χ1) is 38.6. The van der Waals surface area contributed by atoms with E-state index in [1.165, 1.54) is 111 Å². The summed E-state index contributed by atoms with van der Waals surface area (Å²) in [7, 11) is 2.30. The number of aryl methyl sites for hydroxylation is 3. The van der Waals surface area contributed by atoms with Crippen molar-refractivity contribution in [3.05, 3.63) is 215 Å². The number of fused-ring (bicyclic) bond motifs is 8. The smallest absolute Gasteiger partial charge is 0.252 e. The van der Waals surface area contributed by atoms with Gasteiger partial charge in [0.2, 0.25) is 0 Å². The van der Waals surface area contributed by atoms with Gasteiger partial charge in [0.1, 0.15) is 0 Å². The summed E-state index contributed by atoms with van der Waals surface area (Å²) in [6, 6.07) is 68.9. The van der Waals surface area contributed by atoms with Crippen LogP contribution in [-0.2, 0) is 34.1 Å². The van der Waals surface area contributed by atoms with Gasteiger partial charge in [0.15, 0.2) is 0 Å². The topological polar surface area (TPSA) is 14.7 Å². The van der Waals surface area contributed by atoms with E-state index in [1.807, 2.05) is 0 Å². The van der Waals surface area contributed by atoms with E-state index in [9.17, 15) is 0 Å². The zero-order valence-corrected chi connectivity index (χ0v) is 52.1. The van der Waals surface area contributed by atoms with E-state index in [1.54, 1.807) is 0 Å². The van der Waals surface area contributed by atoms with Crippen molar-refractivity contribution in [1.82, 2.24) is 4.57 Å². The molecular weight excluding hydrogens is 992 g/mol. The molecule has 2 aliphatic heterocycles. The van der Waals surface area contributed by atoms with Crippen LogP contribution in [0.3, 0.4) is 0 Å². The molecule has 0 atom stereocenters. The number of para-hydroxylation sites is 1. The summed E-state index contributed by atoms with van der Waals surface area (Å²) in [6.07, 6.45) is 0. The van der Waals surface area contributed by atoms with Crippen LogP contribution in [0.2, 0.25) is 0 Å². The molecule has 0 N–H and O–H groups in total. The number of hydrogen-bond donors (Lipinski definition) is 0. The molecule has 0 fully saturated rings. The van der Waals surface area contributed by atoms with Crippen LogP contribution in [0.5, 0.6) is 0 Å². The molecule has 0 unspecified atom stereocenters. The van der Waals surface area contributed by atoms with Crippen LogP contribution in [0, 0.1) is 13.8 Å². The van der Waals surface area contributed by atoms with Crippen molar-refractivity contribution in [1.29, 1.82) is 0 Å². The SMILES string of the molecule is Cc1cc(C)cc(-c2cc3c4c(c2)N(c2ccc(C(C)(C)C)cc2)c2c(cc(N(c5ccc(C(C)(C)C)cc5)c5ccc(C(C)(C)C)cc5)c5c6ccccc6n(C)c25)B4c2cc(C(C)(C)C)ccc2N3c2ccc(C(C)(C)C)cc2)c1. The molecular formula is C77H83BN4. The van der Waals surface area contributed by atoms with Crippen molar-refractivity contribution < 1.29 is 0 Å². The van der Waals surface area contributed by atoms with Gasteiger partial charge in [0.25, 0.3) is 6.71 Å². The van der Waals surface area contributed by atoms with Crippen LogP contribution in [0.15, 0.2) is 176 Å². The van der Waals surface area contributed by atoms with E-state index >= 15 is 0 Å². The molecule has 2 aliphatic rings. The molecule has 82 heavy (non-hydrogen) atoms. The summed E-state index contributed by atoms with van der Waals surface area (Å²) >= 11 is 0. The van der Waals surface area contributed by atoms with E-state index in [0.29, 0.717) is 0 Å². The third-order valence-corrected chi connectivity index (χ3v) is 17.8. The molecule has 0 radical (unpaired) electrons. The van der Waals surface area contributed by atoms with Crippen LogP contribution in [0.1, 0.15) is 143 Å². The van der Waals surface area contributed by atoms with Gasteiger partial charge in [-0.05, 0) is 175 Å². The fourth-order valence-electron chi connectivity index (χ4n) is 13.2. The Morgan fingerprint density at radius 1 is 0.390 bits per heavy atom. The molecule has 0 spiro atoms. The highest BCUT2D eigenvalue weighted by Crippen LogP contribution is 2.53. The Morgan fingerprint density at radius 2 is 0.817 bits per heavy atom. The summed E-state index contributed by atoms with van der Waals surface area (Å²) in [5, 5.41) is 2.45. The summed E-state index contributed by atoms with van der Waals surface area (Å²) in [5.41, 5.74) is 28.1. The maximum absolute atomic E-state index is 2.66. The lowest BCUT2D eigenvalue weighted by Gasteiger charge is -2.45. The lowest BCUT2D eigenvalue weighted by Crippen LogP contribution is -2.61. The monoisotopic (exact) mass is 1070 g/mol. The number of nitrogens with zero attached hydrogens (tertiary/aromatic N) is 4. The highest BCUT2D eigenvalue weighted by Gasteiger charge is 2.46. The zero-order valence-electron chi connectivity index (χ0n) is 52.1. The minimum absolute atomic E-state index is 0.00182. The second kappa shape index (κ2) is 19.2. The van der Waals surface area contributed by atoms with Gasteiger partial charge >= 0.3 is 0 Å². The van der Waals surface area contributed by atoms with E-state index in [-0.39, 0.29) is 33.8 Å². The minimum atomic E-state index is -0.157. The van der Waals surface area contributed by atoms with Crippen molar-refractivity contribution in [2.24, 2.45) is 7.05 Å². The molecule has 0 aliphatic carbocycles. The summed E-state index contributed by atoms with van der Waals surface area (Å²) in [4.78, 5) is 7.82. The molecule has 0 amide bonds. The lowest BCUT2D eigenvalue weighted by molar-refractivity contribution is 0.590. The molecule has 12 rings (SSSR count). The standard InChI is InChI=1S/C77H83BN4/c1-48-41-49(2)43-50(42-48)51-44-67-70-68(45-51)82(60-38-29-55(30-39-60)76(12,13)14)71-63(78(70)62-46-56(77(15,16)17)31-40-65(62)81(67)59-36-27-54(28-37-59)75(9,10)11)47-66(69-61-21-19-20-22-64(61)79(18)72(69)71)80(57-32-23-52(24-33-57)73(3,4)5)58-34-25-53(26-35-58)74(6,7)8/h19-47H,1-18H3. The summed E-state index contributed by atoms with van der Waals surface area (Å²) in [6.45, 7) is 39.1. The van der Waals surface area contributed by atoms with Crippen molar-refractivity contribution >= 4 is 96.1 Å². The maximum Gasteiger partial charge on any atom is 0.252 e. The first kappa shape index (κ1) is 54.8. The number of anilines is 9. The predicted molar refractivity (Wildman–Crippen MR) is 358 cm³/mol. The van der Waals surface area contributed by atoms with Crippen LogP contribution in [0.25, 0.3) is 32.9 Å². The van der Waals surface area contributed by atoms with Gasteiger partial charge < -0.3 is 19.3 Å². The van der Waals surface area contributed by atoms with E-state index in [4.69, 9.17) is 0 Å². The van der Waals surface area contributed by atoms with Gasteiger partial charge in [-0.1, -0.05) is 212 Å². The lowest BCUT2D eigenvalue weighted by atomic mass is 9.33. The van der Waals surface area contributed by atoms with Crippen molar-refractivity contribution in [3.63, 3.8) is 0 Å². The van der Waals surface area contributed by atoms with Crippen molar-refractivity contribution in [3.8, 4) is 11.1 Å². The van der Waals surface area contributed by atoms with Crippen molar-refractivity contribution in [2.45, 2.75) is 145 Å². The van der Waals surface area contributed by atoms with Gasteiger partial charge in [-0.15, -0.1) is 0 Å². The number of rotatable bonds is 6. The Labute approximate surface area is 490 Å². The molecule has 0 bridgehead atoms. The molecule has 5 heteroatoms. The van der Waals surface area contributed by atoms with Gasteiger partial charge in [-0.25, -0.2) is 0 Å². The first-order valence-corrected chi connectivity index (χ1v) is 29.8. The average molecular weight is 1080 g/mol. The third-order valence-electron chi connectivity index (χ3n) is 17.8. The molecule has 10 aromatic rings. The molecule has 0 saturated heterocycles. The number of aromatic nitrogens is 1. The number of benzene rings is 9. The second-order valence-corrected chi connectivity index (χ2v) is 29.1. The largest absolute Gasteiger partial charge is 0.342 e. The summed E-state index contributed by atoms with van der Waals surface area (Å²) in [5.74, 6) is 0. The highest BCUT2D eigenvalue weighted by molar-refractivity contribution is 7.00. The van der Waals surface area contributed by atoms with E-state index < -0.39 is 0 Å². The quantitative estimate of drug-likeness (QED) is 0.154. The van der Waals surface area contributed by atoms with E-state index in [0.717, 1.165) is 28.4 Å². The third kappa shape index (κ3) is 9.33. The van der Waals surface area contributed by atoms with Gasteiger partial charge in [0.05, 0.1) is 16.9 Å². The van der Waals surface area contributed by atoms with Gasteiger partial charge in [-0.2, -0.15) is 0 Å². The molecule has 0 saturated carbocycles. The highest BCUT2D eigenvalue weighted by atomic mass is 15.2. The minimum Gasteiger partial charge on any atom is -0.342 e. The zero-order chi connectivity index (χ0) is 58.3. The molecule has 9 aromatic carbocycles. The molecule has 1 aromatic heterocycles. The molecule has 4 nitrogen and oxygen atoms in total. The Bertz CT molecular complexity index is 4050. The number of hydrogen-bond acceptors (Lipinski definition) is 3. The van der Waals surface area contributed by atoms with Crippen LogP contribution in [-0.4, -0.2) is 11.3 Å². The van der Waals surface area contributed by atoms with Gasteiger partial charge in [0, 0.05) is 63.1 Å². The first-order valence-electron chi connectivity index (χ1n) is 29.8. The Hall–Kier alpha value is -7.76. The van der Waals surface area contributed by atoms with Crippen LogP contribution >= 0.6 is 0 Å². The van der Waals surface area contributed by atoms with Crippen molar-refractivity contribution in [2.75, 3.05) is 14.7 Å².